The summed E-state index contributed by atoms with van der Waals surface area (Å²) in [6.45, 7) is 3.93. The number of benzene rings is 2. The first-order valence-electron chi connectivity index (χ1n) is 7.12. The molecule has 0 unspecified atom stereocenters. The predicted octanol–water partition coefficient (Wildman–Crippen LogP) is 3.65. The van der Waals surface area contributed by atoms with Gasteiger partial charge in [-0.05, 0) is 50.2 Å². The van der Waals surface area contributed by atoms with Crippen molar-refractivity contribution in [3.8, 4) is 0 Å². The highest BCUT2D eigenvalue weighted by Gasteiger charge is 2.20. The van der Waals surface area contributed by atoms with Crippen molar-refractivity contribution < 1.29 is 10.1 Å². The molecule has 0 aromatic heterocycles. The van der Waals surface area contributed by atoms with Crippen molar-refractivity contribution in [1.29, 1.82) is 0 Å². The largest absolute Gasteiger partial charge is 0.330 e. The molecule has 0 heterocycles. The molecule has 0 radical (unpaired) electrons. The average Bonchev–Trinajstić information content (AvgIpc) is 2.49. The molecule has 0 aliphatic carbocycles. The number of anilines is 1. The number of nitrogens with one attached hydrogen (secondary N) is 1. The lowest BCUT2D eigenvalue weighted by Gasteiger charge is -2.17. The van der Waals surface area contributed by atoms with E-state index < -0.39 is 0 Å². The third-order valence-corrected chi connectivity index (χ3v) is 3.96. The van der Waals surface area contributed by atoms with Crippen LogP contribution < -0.4 is 10.6 Å². The van der Waals surface area contributed by atoms with Gasteiger partial charge in [-0.15, -0.1) is 0 Å². The number of rotatable bonds is 5. The maximum Gasteiger partial charge on any atom is 0.282 e. The second-order valence-electron chi connectivity index (χ2n) is 5.32. The summed E-state index contributed by atoms with van der Waals surface area (Å²) in [5, 5.41) is 6.24. The highest BCUT2D eigenvalue weighted by Crippen LogP contribution is 2.15. The van der Waals surface area contributed by atoms with Gasteiger partial charge < -0.3 is 10.6 Å². The molecule has 1 amide bonds. The molecule has 0 saturated carbocycles. The van der Waals surface area contributed by atoms with Gasteiger partial charge in [-0.3, -0.25) is 4.79 Å². The Balaban J connectivity index is 1.94. The topological polar surface area (TPSA) is 45.7 Å². The number of nitrogens with two attached hydrogens (primary N) is 1. The fourth-order valence-electron chi connectivity index (χ4n) is 2.21. The van der Waals surface area contributed by atoms with Crippen LogP contribution >= 0.6 is 23.2 Å². The van der Waals surface area contributed by atoms with Gasteiger partial charge in [0.2, 0.25) is 0 Å². The highest BCUT2D eigenvalue weighted by molar-refractivity contribution is 6.30. The van der Waals surface area contributed by atoms with Crippen molar-refractivity contribution in [2.45, 2.75) is 25.9 Å². The van der Waals surface area contributed by atoms with Gasteiger partial charge in [0.15, 0.2) is 6.04 Å². The van der Waals surface area contributed by atoms with E-state index in [4.69, 9.17) is 23.2 Å². The van der Waals surface area contributed by atoms with Gasteiger partial charge in [-0.2, -0.15) is 0 Å². The van der Waals surface area contributed by atoms with Crippen LogP contribution in [0.4, 0.5) is 5.69 Å². The Morgan fingerprint density at radius 2 is 1.73 bits per heavy atom. The summed E-state index contributed by atoms with van der Waals surface area (Å²) in [5.41, 5.74) is 1.84. The third-order valence-electron chi connectivity index (χ3n) is 3.48. The summed E-state index contributed by atoms with van der Waals surface area (Å²) in [5.74, 6) is -0.0452. The summed E-state index contributed by atoms with van der Waals surface area (Å²) in [4.78, 5) is 12.2. The number of carbonyl (C=O) groups is 1. The molecule has 2 aromatic carbocycles. The van der Waals surface area contributed by atoms with Crippen LogP contribution in [-0.2, 0) is 4.79 Å². The van der Waals surface area contributed by atoms with Crippen molar-refractivity contribution >= 4 is 34.8 Å². The monoisotopic (exact) mass is 337 g/mol. The van der Waals surface area contributed by atoms with Crippen molar-refractivity contribution in [3.05, 3.63) is 64.1 Å². The smallest absolute Gasteiger partial charge is 0.282 e. The van der Waals surface area contributed by atoms with Gasteiger partial charge in [-0.25, -0.2) is 0 Å². The van der Waals surface area contributed by atoms with E-state index in [1.165, 1.54) is 0 Å². The standard InChI is InChI=1S/C17H18Cl2N2O/c1-11(13-4-3-5-15(19)10-13)20-12(2)17(22)21-16-8-6-14(18)7-9-16/h3-12,20H,1-2H3,(H,21,22)/p+1/t11-,12-/m1/s1. The van der Waals surface area contributed by atoms with E-state index in [1.54, 1.807) is 24.3 Å². The van der Waals surface area contributed by atoms with E-state index in [2.05, 4.69) is 12.2 Å². The number of amides is 1. The minimum Gasteiger partial charge on any atom is -0.330 e. The van der Waals surface area contributed by atoms with Crippen molar-refractivity contribution in [2.75, 3.05) is 5.32 Å². The lowest BCUT2D eigenvalue weighted by molar-refractivity contribution is -0.709. The first-order chi connectivity index (χ1) is 10.5. The molecule has 0 spiro atoms. The fraction of sp³-hybridized carbons (Fsp3) is 0.235. The first kappa shape index (κ1) is 16.8. The second-order valence-corrected chi connectivity index (χ2v) is 6.19. The molecule has 116 valence electrons. The predicted molar refractivity (Wildman–Crippen MR) is 91.3 cm³/mol. The van der Waals surface area contributed by atoms with Crippen molar-refractivity contribution in [2.24, 2.45) is 0 Å². The molecule has 0 fully saturated rings. The molecule has 0 saturated heterocycles. The van der Waals surface area contributed by atoms with Gasteiger partial charge in [0.1, 0.15) is 6.04 Å². The SMILES string of the molecule is C[C@@H]([NH2+][C@H](C)c1cccc(Cl)c1)C(=O)Nc1ccc(Cl)cc1. The third kappa shape index (κ3) is 4.73. The maximum absolute atomic E-state index is 12.2. The Bertz CT molecular complexity index is 643. The van der Waals surface area contributed by atoms with Gasteiger partial charge in [-0.1, -0.05) is 35.3 Å². The van der Waals surface area contributed by atoms with Crippen LogP contribution in [0.1, 0.15) is 25.5 Å². The lowest BCUT2D eigenvalue weighted by atomic mass is 10.1. The quantitative estimate of drug-likeness (QED) is 0.859. The second kappa shape index (κ2) is 7.63. The summed E-state index contributed by atoms with van der Waals surface area (Å²) in [7, 11) is 0. The van der Waals surface area contributed by atoms with Crippen molar-refractivity contribution in [1.82, 2.24) is 0 Å². The maximum atomic E-state index is 12.2. The molecule has 2 atom stereocenters. The minimum atomic E-state index is -0.218. The van der Waals surface area contributed by atoms with Crippen LogP contribution in [0.15, 0.2) is 48.5 Å². The Morgan fingerprint density at radius 1 is 1.05 bits per heavy atom. The van der Waals surface area contributed by atoms with Gasteiger partial charge in [0, 0.05) is 21.3 Å². The molecule has 0 aliphatic heterocycles. The summed E-state index contributed by atoms with van der Waals surface area (Å²) < 4.78 is 0. The molecule has 3 nitrogen and oxygen atoms in total. The summed E-state index contributed by atoms with van der Waals surface area (Å²) in [6.07, 6.45) is 0. The zero-order valence-corrected chi connectivity index (χ0v) is 14.0. The van der Waals surface area contributed by atoms with E-state index in [1.807, 2.05) is 36.5 Å². The van der Waals surface area contributed by atoms with E-state index in [0.717, 1.165) is 11.3 Å². The van der Waals surface area contributed by atoms with Crippen LogP contribution in [0, 0.1) is 0 Å². The number of halogens is 2. The highest BCUT2D eigenvalue weighted by atomic mass is 35.5. The molecule has 5 heteroatoms. The zero-order valence-electron chi connectivity index (χ0n) is 12.5. The lowest BCUT2D eigenvalue weighted by Crippen LogP contribution is -2.91. The molecule has 2 aromatic rings. The first-order valence-corrected chi connectivity index (χ1v) is 7.88. The number of quaternary nitrogens is 1. The number of hydrogen-bond acceptors (Lipinski definition) is 1. The van der Waals surface area contributed by atoms with Crippen LogP contribution in [0.3, 0.4) is 0 Å². The Labute approximate surface area is 140 Å². The number of carbonyl (C=O) groups excluding carboxylic acids is 1. The zero-order chi connectivity index (χ0) is 16.1. The minimum absolute atomic E-state index is 0.0452. The van der Waals surface area contributed by atoms with Crippen LogP contribution in [0.5, 0.6) is 0 Å². The van der Waals surface area contributed by atoms with E-state index in [-0.39, 0.29) is 18.0 Å². The average molecular weight is 338 g/mol. The van der Waals surface area contributed by atoms with E-state index in [9.17, 15) is 4.79 Å². The van der Waals surface area contributed by atoms with Crippen LogP contribution in [-0.4, -0.2) is 11.9 Å². The summed E-state index contributed by atoms with van der Waals surface area (Å²) >= 11 is 11.8. The molecule has 22 heavy (non-hydrogen) atoms. The van der Waals surface area contributed by atoms with Gasteiger partial charge in [0.05, 0.1) is 0 Å². The van der Waals surface area contributed by atoms with E-state index in [0.29, 0.717) is 10.0 Å². The van der Waals surface area contributed by atoms with Crippen LogP contribution in [0.25, 0.3) is 0 Å². The van der Waals surface area contributed by atoms with Crippen LogP contribution in [0.2, 0.25) is 10.0 Å². The van der Waals surface area contributed by atoms with Gasteiger partial charge in [0.25, 0.3) is 5.91 Å². The summed E-state index contributed by atoms with van der Waals surface area (Å²) in [6, 6.07) is 14.7. The molecular weight excluding hydrogens is 319 g/mol. The Hall–Kier alpha value is -1.55. The Morgan fingerprint density at radius 3 is 2.36 bits per heavy atom. The normalized spacial score (nSPS) is 13.5. The van der Waals surface area contributed by atoms with Crippen molar-refractivity contribution in [3.63, 3.8) is 0 Å². The molecule has 0 bridgehead atoms. The molecule has 0 aliphatic rings. The molecular formula is C17H19Cl2N2O+. The van der Waals surface area contributed by atoms with E-state index >= 15 is 0 Å². The Kier molecular flexibility index (Phi) is 5.83. The van der Waals surface area contributed by atoms with Gasteiger partial charge >= 0.3 is 0 Å². The molecule has 3 N–H and O–H groups in total. The fourth-order valence-corrected chi connectivity index (χ4v) is 2.54. The molecule has 2 rings (SSSR count). The number of hydrogen-bond donors (Lipinski definition) is 2.